The van der Waals surface area contributed by atoms with Crippen LogP contribution in [0.2, 0.25) is 0 Å². The van der Waals surface area contributed by atoms with Crippen molar-refractivity contribution in [1.29, 1.82) is 0 Å². The predicted molar refractivity (Wildman–Crippen MR) is 79.2 cm³/mol. The van der Waals surface area contributed by atoms with Crippen molar-refractivity contribution in [3.8, 4) is 0 Å². The third-order valence-corrected chi connectivity index (χ3v) is 3.50. The summed E-state index contributed by atoms with van der Waals surface area (Å²) in [6.07, 6.45) is 2.94. The van der Waals surface area contributed by atoms with Crippen LogP contribution >= 0.6 is 0 Å². The van der Waals surface area contributed by atoms with Gasteiger partial charge in [0.25, 0.3) is 0 Å². The highest BCUT2D eigenvalue weighted by Crippen LogP contribution is 2.25. The molecule has 102 valence electrons. The fourth-order valence-corrected chi connectivity index (χ4v) is 2.57. The molecule has 0 saturated carbocycles. The van der Waals surface area contributed by atoms with E-state index >= 15 is 0 Å². The number of benzene rings is 1. The maximum Gasteiger partial charge on any atom is 0.0750 e. The van der Waals surface area contributed by atoms with Gasteiger partial charge < -0.3 is 5.32 Å². The summed E-state index contributed by atoms with van der Waals surface area (Å²) in [7, 11) is 0. The van der Waals surface area contributed by atoms with Crippen LogP contribution in [0.1, 0.15) is 43.6 Å². The van der Waals surface area contributed by atoms with Crippen molar-refractivity contribution in [2.24, 2.45) is 0 Å². The molecule has 0 aliphatic heterocycles. The molecule has 1 unspecified atom stereocenters. The Hall–Kier alpha value is -1.61. The minimum absolute atomic E-state index is 0.226. The Morgan fingerprint density at radius 2 is 1.95 bits per heavy atom. The molecule has 3 nitrogen and oxygen atoms in total. The molecule has 0 bridgehead atoms. The summed E-state index contributed by atoms with van der Waals surface area (Å²) in [6.45, 7) is 8.33. The molecule has 0 radical (unpaired) electrons. The fourth-order valence-electron chi connectivity index (χ4n) is 2.57. The first-order valence-electron chi connectivity index (χ1n) is 7.14. The van der Waals surface area contributed by atoms with Gasteiger partial charge in [-0.2, -0.15) is 5.10 Å². The van der Waals surface area contributed by atoms with E-state index in [0.717, 1.165) is 19.5 Å². The van der Waals surface area contributed by atoms with Crippen molar-refractivity contribution in [3.63, 3.8) is 0 Å². The molecule has 0 aliphatic rings. The van der Waals surface area contributed by atoms with Crippen LogP contribution in [-0.4, -0.2) is 16.3 Å². The molecule has 0 saturated heterocycles. The van der Waals surface area contributed by atoms with Gasteiger partial charge in [-0.15, -0.1) is 0 Å². The molecule has 19 heavy (non-hydrogen) atoms. The second-order valence-electron chi connectivity index (χ2n) is 4.61. The highest BCUT2D eigenvalue weighted by atomic mass is 15.3. The van der Waals surface area contributed by atoms with Crippen LogP contribution in [0.25, 0.3) is 0 Å². The normalized spacial score (nSPS) is 12.6. The zero-order valence-corrected chi connectivity index (χ0v) is 12.1. The Kier molecular flexibility index (Phi) is 4.74. The summed E-state index contributed by atoms with van der Waals surface area (Å²) < 4.78 is 2.07. The van der Waals surface area contributed by atoms with Crippen molar-refractivity contribution in [2.75, 3.05) is 6.54 Å². The summed E-state index contributed by atoms with van der Waals surface area (Å²) in [5, 5.41) is 7.99. The predicted octanol–water partition coefficient (Wildman–Crippen LogP) is 3.16. The molecular formula is C16H23N3. The SMILES string of the molecule is CCNC(c1ccccc1CC)c1ccnn1CC. The summed E-state index contributed by atoms with van der Waals surface area (Å²) in [5.41, 5.74) is 4.00. The third kappa shape index (κ3) is 2.87. The zero-order valence-electron chi connectivity index (χ0n) is 12.1. The number of nitrogens with one attached hydrogen (secondary N) is 1. The lowest BCUT2D eigenvalue weighted by Crippen LogP contribution is -2.25. The average molecular weight is 257 g/mol. The van der Waals surface area contributed by atoms with Gasteiger partial charge >= 0.3 is 0 Å². The van der Waals surface area contributed by atoms with E-state index in [9.17, 15) is 0 Å². The molecule has 3 heteroatoms. The van der Waals surface area contributed by atoms with Gasteiger partial charge in [-0.3, -0.25) is 4.68 Å². The minimum Gasteiger partial charge on any atom is -0.305 e. The number of nitrogens with zero attached hydrogens (tertiary/aromatic N) is 2. The first-order valence-corrected chi connectivity index (χ1v) is 7.14. The molecule has 1 N–H and O–H groups in total. The fraction of sp³-hybridized carbons (Fsp3) is 0.438. The average Bonchev–Trinajstić information content (AvgIpc) is 2.93. The van der Waals surface area contributed by atoms with Crippen LogP contribution in [0.4, 0.5) is 0 Å². The summed E-state index contributed by atoms with van der Waals surface area (Å²) in [4.78, 5) is 0. The lowest BCUT2D eigenvalue weighted by Gasteiger charge is -2.22. The van der Waals surface area contributed by atoms with E-state index in [1.807, 2.05) is 6.20 Å². The Bertz CT molecular complexity index is 516. The molecular weight excluding hydrogens is 234 g/mol. The molecule has 2 aromatic rings. The van der Waals surface area contributed by atoms with Crippen LogP contribution in [0.5, 0.6) is 0 Å². The molecule has 2 rings (SSSR count). The molecule has 0 spiro atoms. The Morgan fingerprint density at radius 1 is 1.16 bits per heavy atom. The molecule has 1 heterocycles. The maximum atomic E-state index is 4.40. The second-order valence-corrected chi connectivity index (χ2v) is 4.61. The van der Waals surface area contributed by atoms with Crippen LogP contribution in [-0.2, 0) is 13.0 Å². The Labute approximate surface area is 115 Å². The van der Waals surface area contributed by atoms with Gasteiger partial charge in [-0.1, -0.05) is 38.1 Å². The van der Waals surface area contributed by atoms with E-state index in [1.54, 1.807) is 0 Å². The molecule has 0 fully saturated rings. The maximum absolute atomic E-state index is 4.40. The van der Waals surface area contributed by atoms with E-state index in [4.69, 9.17) is 0 Å². The van der Waals surface area contributed by atoms with Crippen molar-refractivity contribution < 1.29 is 0 Å². The van der Waals surface area contributed by atoms with E-state index < -0.39 is 0 Å². The van der Waals surface area contributed by atoms with Gasteiger partial charge in [0.2, 0.25) is 0 Å². The van der Waals surface area contributed by atoms with Crippen LogP contribution in [0, 0.1) is 0 Å². The second kappa shape index (κ2) is 6.53. The first-order chi connectivity index (χ1) is 9.31. The van der Waals surface area contributed by atoms with Gasteiger partial charge in [0.1, 0.15) is 0 Å². The number of rotatable bonds is 6. The number of aromatic nitrogens is 2. The quantitative estimate of drug-likeness (QED) is 0.861. The van der Waals surface area contributed by atoms with Gasteiger partial charge in [0.05, 0.1) is 11.7 Å². The summed E-state index contributed by atoms with van der Waals surface area (Å²) in [6, 6.07) is 11.0. The Balaban J connectivity index is 2.45. The van der Waals surface area contributed by atoms with E-state index in [1.165, 1.54) is 16.8 Å². The highest BCUT2D eigenvalue weighted by Gasteiger charge is 2.18. The molecule has 1 atom stereocenters. The van der Waals surface area contributed by atoms with Crippen LogP contribution in [0.15, 0.2) is 36.5 Å². The van der Waals surface area contributed by atoms with Crippen molar-refractivity contribution in [1.82, 2.24) is 15.1 Å². The van der Waals surface area contributed by atoms with Crippen molar-refractivity contribution >= 4 is 0 Å². The zero-order chi connectivity index (χ0) is 13.7. The van der Waals surface area contributed by atoms with Crippen LogP contribution < -0.4 is 5.32 Å². The highest BCUT2D eigenvalue weighted by molar-refractivity contribution is 5.35. The standard InChI is InChI=1S/C16H23N3/c1-4-13-9-7-8-10-14(13)16(17-5-2)15-11-12-18-19(15)6-3/h7-12,16-17H,4-6H2,1-3H3. The first kappa shape index (κ1) is 13.8. The largest absolute Gasteiger partial charge is 0.305 e. The molecule has 1 aromatic carbocycles. The van der Waals surface area contributed by atoms with Gasteiger partial charge in [0.15, 0.2) is 0 Å². The van der Waals surface area contributed by atoms with Gasteiger partial charge in [-0.05, 0) is 37.1 Å². The number of hydrogen-bond donors (Lipinski definition) is 1. The van der Waals surface area contributed by atoms with Crippen molar-refractivity contribution in [3.05, 3.63) is 53.3 Å². The smallest absolute Gasteiger partial charge is 0.0750 e. The lowest BCUT2D eigenvalue weighted by molar-refractivity contribution is 0.540. The number of hydrogen-bond acceptors (Lipinski definition) is 2. The minimum atomic E-state index is 0.226. The van der Waals surface area contributed by atoms with Crippen LogP contribution in [0.3, 0.4) is 0 Å². The van der Waals surface area contributed by atoms with E-state index in [2.05, 4.69) is 66.2 Å². The van der Waals surface area contributed by atoms with Crippen molar-refractivity contribution in [2.45, 2.75) is 39.8 Å². The van der Waals surface area contributed by atoms with E-state index in [0.29, 0.717) is 0 Å². The molecule has 1 aromatic heterocycles. The monoisotopic (exact) mass is 257 g/mol. The van der Waals surface area contributed by atoms with E-state index in [-0.39, 0.29) is 6.04 Å². The molecule has 0 aliphatic carbocycles. The molecule has 0 amide bonds. The Morgan fingerprint density at radius 3 is 2.63 bits per heavy atom. The third-order valence-electron chi connectivity index (χ3n) is 3.50. The van der Waals surface area contributed by atoms with Gasteiger partial charge in [0, 0.05) is 12.7 Å². The number of aryl methyl sites for hydroxylation is 2. The summed E-state index contributed by atoms with van der Waals surface area (Å²) >= 11 is 0. The summed E-state index contributed by atoms with van der Waals surface area (Å²) in [5.74, 6) is 0. The van der Waals surface area contributed by atoms with Gasteiger partial charge in [-0.25, -0.2) is 0 Å². The lowest BCUT2D eigenvalue weighted by atomic mass is 9.96. The topological polar surface area (TPSA) is 29.9 Å².